The summed E-state index contributed by atoms with van der Waals surface area (Å²) in [5.41, 5.74) is -2.44. The van der Waals surface area contributed by atoms with E-state index < -0.39 is 29.1 Å². The molecule has 0 radical (unpaired) electrons. The summed E-state index contributed by atoms with van der Waals surface area (Å²) in [5, 5.41) is 31.9. The van der Waals surface area contributed by atoms with Gasteiger partial charge in [0.2, 0.25) is 5.76 Å². The molecule has 1 saturated heterocycles. The highest BCUT2D eigenvalue weighted by atomic mass is 16.7. The molecule has 3 heterocycles. The van der Waals surface area contributed by atoms with Crippen LogP contribution >= 0.6 is 0 Å². The van der Waals surface area contributed by atoms with Crippen LogP contribution in [-0.4, -0.2) is 51.0 Å². The molecular formula is C16H22O7. The van der Waals surface area contributed by atoms with Gasteiger partial charge in [0.05, 0.1) is 23.9 Å². The normalized spacial score (nSPS) is 45.6. The van der Waals surface area contributed by atoms with E-state index in [0.29, 0.717) is 6.42 Å². The Balaban J connectivity index is 2.14. The van der Waals surface area contributed by atoms with Crippen molar-refractivity contribution in [2.24, 2.45) is 0 Å². The SMILES string of the molecule is CCOC1=C2/C(=C\[C@]3(C)CC[C@@](O)(O3)[C@@](C)(O)C[C@H]2O)OC1=O. The Labute approximate surface area is 134 Å². The average Bonchev–Trinajstić information content (AvgIpc) is 2.89. The lowest BCUT2D eigenvalue weighted by Gasteiger charge is -2.39. The number of hydrogen-bond acceptors (Lipinski definition) is 7. The zero-order chi connectivity index (χ0) is 17.0. The van der Waals surface area contributed by atoms with Crippen molar-refractivity contribution in [3.8, 4) is 0 Å². The molecule has 3 aliphatic rings. The summed E-state index contributed by atoms with van der Waals surface area (Å²) in [7, 11) is 0. The topological polar surface area (TPSA) is 105 Å². The average molecular weight is 326 g/mol. The number of aliphatic hydroxyl groups is 3. The van der Waals surface area contributed by atoms with Gasteiger partial charge in [-0.05, 0) is 33.3 Å². The van der Waals surface area contributed by atoms with Crippen molar-refractivity contribution in [1.29, 1.82) is 0 Å². The first-order valence-electron chi connectivity index (χ1n) is 7.76. The van der Waals surface area contributed by atoms with Gasteiger partial charge in [-0.3, -0.25) is 0 Å². The van der Waals surface area contributed by atoms with Gasteiger partial charge in [-0.25, -0.2) is 4.79 Å². The molecule has 0 saturated carbocycles. The van der Waals surface area contributed by atoms with Gasteiger partial charge in [0.15, 0.2) is 5.79 Å². The fraction of sp³-hybridized carbons (Fsp3) is 0.688. The van der Waals surface area contributed by atoms with Crippen molar-refractivity contribution in [3.05, 3.63) is 23.2 Å². The molecule has 0 aromatic heterocycles. The number of esters is 1. The third-order valence-electron chi connectivity index (χ3n) is 4.75. The molecule has 7 nitrogen and oxygen atoms in total. The Hall–Kier alpha value is -1.41. The molecule has 0 amide bonds. The second-order valence-corrected chi connectivity index (χ2v) is 6.77. The van der Waals surface area contributed by atoms with E-state index in [1.54, 1.807) is 19.9 Å². The lowest BCUT2D eigenvalue weighted by molar-refractivity contribution is -0.297. The zero-order valence-corrected chi connectivity index (χ0v) is 13.5. The highest BCUT2D eigenvalue weighted by molar-refractivity contribution is 5.92. The molecule has 1 fully saturated rings. The van der Waals surface area contributed by atoms with Crippen molar-refractivity contribution in [3.63, 3.8) is 0 Å². The summed E-state index contributed by atoms with van der Waals surface area (Å²) in [4.78, 5) is 12.0. The van der Waals surface area contributed by atoms with Crippen LogP contribution in [0.25, 0.3) is 0 Å². The Morgan fingerprint density at radius 3 is 2.70 bits per heavy atom. The molecule has 0 spiro atoms. The molecule has 3 N–H and O–H groups in total. The molecular weight excluding hydrogens is 304 g/mol. The molecule has 7 heteroatoms. The fourth-order valence-electron chi connectivity index (χ4n) is 3.43. The van der Waals surface area contributed by atoms with Crippen molar-refractivity contribution in [1.82, 2.24) is 0 Å². The van der Waals surface area contributed by atoms with Crippen LogP contribution in [0.15, 0.2) is 23.2 Å². The summed E-state index contributed by atoms with van der Waals surface area (Å²) in [6, 6.07) is 0. The van der Waals surface area contributed by atoms with E-state index in [4.69, 9.17) is 14.2 Å². The van der Waals surface area contributed by atoms with Crippen LogP contribution in [0, 0.1) is 0 Å². The lowest BCUT2D eigenvalue weighted by Crippen LogP contribution is -2.54. The zero-order valence-electron chi connectivity index (χ0n) is 13.5. The smallest absolute Gasteiger partial charge is 0.379 e. The molecule has 2 bridgehead atoms. The van der Waals surface area contributed by atoms with Gasteiger partial charge in [-0.2, -0.15) is 0 Å². The van der Waals surface area contributed by atoms with E-state index in [-0.39, 0.29) is 36.5 Å². The highest BCUT2D eigenvalue weighted by Gasteiger charge is 2.58. The molecule has 3 aliphatic heterocycles. The number of ether oxygens (including phenoxy) is 3. The van der Waals surface area contributed by atoms with Crippen LogP contribution in [0.3, 0.4) is 0 Å². The van der Waals surface area contributed by atoms with Gasteiger partial charge in [0.25, 0.3) is 0 Å². The Morgan fingerprint density at radius 2 is 2.04 bits per heavy atom. The Kier molecular flexibility index (Phi) is 3.61. The van der Waals surface area contributed by atoms with Crippen molar-refractivity contribution in [2.45, 2.75) is 63.1 Å². The second-order valence-electron chi connectivity index (χ2n) is 6.77. The third-order valence-corrected chi connectivity index (χ3v) is 4.75. The first-order chi connectivity index (χ1) is 10.6. The summed E-state index contributed by atoms with van der Waals surface area (Å²) in [6.45, 7) is 5.10. The van der Waals surface area contributed by atoms with E-state index in [9.17, 15) is 20.1 Å². The van der Waals surface area contributed by atoms with Gasteiger partial charge < -0.3 is 29.5 Å². The van der Waals surface area contributed by atoms with Crippen molar-refractivity contribution in [2.75, 3.05) is 6.61 Å². The first-order valence-corrected chi connectivity index (χ1v) is 7.76. The van der Waals surface area contributed by atoms with Crippen LogP contribution in [-0.2, 0) is 19.0 Å². The van der Waals surface area contributed by atoms with Crippen molar-refractivity contribution < 1.29 is 34.3 Å². The summed E-state index contributed by atoms with van der Waals surface area (Å²) < 4.78 is 16.3. The number of fused-ring (bicyclic) bond motifs is 3. The number of hydrogen-bond donors (Lipinski definition) is 3. The van der Waals surface area contributed by atoms with E-state index >= 15 is 0 Å². The van der Waals surface area contributed by atoms with Crippen LogP contribution in [0.2, 0.25) is 0 Å². The first kappa shape index (κ1) is 16.4. The summed E-state index contributed by atoms with van der Waals surface area (Å²) >= 11 is 0. The van der Waals surface area contributed by atoms with Gasteiger partial charge in [-0.1, -0.05) is 0 Å². The van der Waals surface area contributed by atoms with Crippen LogP contribution in [0.1, 0.15) is 40.0 Å². The van der Waals surface area contributed by atoms with Gasteiger partial charge in [-0.15, -0.1) is 0 Å². The lowest BCUT2D eigenvalue weighted by atomic mass is 9.83. The Bertz CT molecular complexity index is 606. The summed E-state index contributed by atoms with van der Waals surface area (Å²) in [6.07, 6.45) is 0.750. The number of carbonyl (C=O) groups is 1. The maximum Gasteiger partial charge on any atom is 0.379 e. The predicted molar refractivity (Wildman–Crippen MR) is 77.7 cm³/mol. The minimum atomic E-state index is -1.78. The quantitative estimate of drug-likeness (QED) is 0.634. The maximum absolute atomic E-state index is 12.0. The second kappa shape index (κ2) is 5.04. The van der Waals surface area contributed by atoms with Gasteiger partial charge in [0.1, 0.15) is 11.4 Å². The number of aliphatic hydroxyl groups excluding tert-OH is 1. The monoisotopic (exact) mass is 326 g/mol. The molecule has 0 aromatic rings. The summed E-state index contributed by atoms with van der Waals surface area (Å²) in [5.74, 6) is -2.36. The molecule has 0 unspecified atom stereocenters. The Morgan fingerprint density at radius 1 is 1.35 bits per heavy atom. The molecule has 4 atom stereocenters. The predicted octanol–water partition coefficient (Wildman–Crippen LogP) is 0.491. The van der Waals surface area contributed by atoms with E-state index in [0.717, 1.165) is 0 Å². The molecule has 0 aromatic carbocycles. The largest absolute Gasteiger partial charge is 0.486 e. The third kappa shape index (κ3) is 2.48. The number of carbonyl (C=O) groups excluding carboxylic acids is 1. The van der Waals surface area contributed by atoms with Gasteiger partial charge in [0, 0.05) is 12.8 Å². The van der Waals surface area contributed by atoms with Crippen LogP contribution in [0.5, 0.6) is 0 Å². The molecule has 23 heavy (non-hydrogen) atoms. The van der Waals surface area contributed by atoms with Crippen LogP contribution < -0.4 is 0 Å². The minimum Gasteiger partial charge on any atom is -0.486 e. The molecule has 3 rings (SSSR count). The minimum absolute atomic E-state index is 0.0598. The highest BCUT2D eigenvalue weighted by Crippen LogP contribution is 2.48. The standard InChI is InChI=1S/C16H22O7/c1-4-21-12-11-9(17)7-15(3,19)16(20)6-5-14(2,23-16)8-10(11)22-13(12)18/h8-9,17,19-20H,4-7H2,1-3H3/b10-8+/t9-,14+,15+,16-/m1/s1. The molecule has 0 aliphatic carbocycles. The number of rotatable bonds is 2. The fourth-order valence-corrected chi connectivity index (χ4v) is 3.43. The molecule has 128 valence electrons. The van der Waals surface area contributed by atoms with E-state index in [1.807, 2.05) is 0 Å². The van der Waals surface area contributed by atoms with E-state index in [2.05, 4.69) is 0 Å². The van der Waals surface area contributed by atoms with E-state index in [1.165, 1.54) is 6.92 Å². The maximum atomic E-state index is 12.0. The van der Waals surface area contributed by atoms with Crippen LogP contribution in [0.4, 0.5) is 0 Å². The van der Waals surface area contributed by atoms with Gasteiger partial charge >= 0.3 is 5.97 Å². The van der Waals surface area contributed by atoms with Crippen molar-refractivity contribution >= 4 is 5.97 Å².